The van der Waals surface area contributed by atoms with Crippen molar-refractivity contribution in [3.05, 3.63) is 66.1 Å². The van der Waals surface area contributed by atoms with Crippen LogP contribution in [0.1, 0.15) is 5.69 Å². The molecule has 0 fully saturated rings. The smallest absolute Gasteiger partial charge is 0.181 e. The molecule has 0 saturated carbocycles. The topological polar surface area (TPSA) is 76.6 Å². The van der Waals surface area contributed by atoms with Crippen molar-refractivity contribution in [2.24, 2.45) is 0 Å². The Hall–Kier alpha value is -3.68. The van der Waals surface area contributed by atoms with Gasteiger partial charge in [-0.3, -0.25) is 10.1 Å². The van der Waals surface area contributed by atoms with E-state index in [1.807, 2.05) is 0 Å². The number of nitrogens with one attached hydrogen (secondary N) is 1. The Morgan fingerprint density at radius 3 is 2.54 bits per heavy atom. The van der Waals surface area contributed by atoms with Crippen molar-refractivity contribution >= 4 is 0 Å². The predicted octanol–water partition coefficient (Wildman–Crippen LogP) is 4.19. The molecule has 0 aliphatic heterocycles. The molecule has 140 valence electrons. The lowest BCUT2D eigenvalue weighted by Gasteiger charge is -2.12. The summed E-state index contributed by atoms with van der Waals surface area (Å²) in [5.41, 5.74) is 2.81. The van der Waals surface area contributed by atoms with Gasteiger partial charge in [0.1, 0.15) is 23.1 Å². The van der Waals surface area contributed by atoms with Gasteiger partial charge in [-0.1, -0.05) is 12.1 Å². The summed E-state index contributed by atoms with van der Waals surface area (Å²) in [6, 6.07) is 9.09. The molecule has 1 N–H and O–H groups in total. The quantitative estimate of drug-likeness (QED) is 0.575. The molecule has 3 aromatic heterocycles. The van der Waals surface area contributed by atoms with Gasteiger partial charge in [0.2, 0.25) is 0 Å². The van der Waals surface area contributed by atoms with Gasteiger partial charge in [0.15, 0.2) is 11.6 Å². The van der Waals surface area contributed by atoms with Gasteiger partial charge in [0.05, 0.1) is 19.0 Å². The molecule has 0 spiro atoms. The zero-order valence-electron chi connectivity index (χ0n) is 15.1. The van der Waals surface area contributed by atoms with E-state index in [2.05, 4.69) is 25.1 Å². The van der Waals surface area contributed by atoms with Crippen LogP contribution >= 0.6 is 0 Å². The van der Waals surface area contributed by atoms with Gasteiger partial charge >= 0.3 is 0 Å². The van der Waals surface area contributed by atoms with E-state index in [9.17, 15) is 8.78 Å². The van der Waals surface area contributed by atoms with Crippen LogP contribution in [0.3, 0.4) is 0 Å². The number of nitrogens with zero attached hydrogens (tertiary/aromatic N) is 4. The fraction of sp³-hybridized carbons (Fsp3) is 0.100. The summed E-state index contributed by atoms with van der Waals surface area (Å²) in [7, 11) is 1.52. The van der Waals surface area contributed by atoms with Crippen LogP contribution in [0, 0.1) is 18.6 Å². The molecule has 8 heteroatoms. The molecule has 1 aromatic carbocycles. The lowest BCUT2D eigenvalue weighted by Crippen LogP contribution is -1.98. The van der Waals surface area contributed by atoms with Crippen molar-refractivity contribution in [2.75, 3.05) is 7.11 Å². The highest BCUT2D eigenvalue weighted by Gasteiger charge is 2.17. The molecule has 0 aliphatic carbocycles. The molecule has 0 atom stereocenters. The third kappa shape index (κ3) is 3.32. The SMILES string of the molecule is COc1c(-c2cncc(F)c2)cc(-c2nc(-c3cccc(F)c3)n[nH]2)nc1C. The molecule has 0 unspecified atom stereocenters. The molecule has 4 rings (SSSR count). The van der Waals surface area contributed by atoms with Crippen molar-refractivity contribution in [1.82, 2.24) is 25.1 Å². The Bertz CT molecular complexity index is 1160. The van der Waals surface area contributed by atoms with E-state index in [1.165, 1.54) is 25.3 Å². The molecule has 0 radical (unpaired) electrons. The zero-order valence-corrected chi connectivity index (χ0v) is 15.1. The Morgan fingerprint density at radius 1 is 0.964 bits per heavy atom. The van der Waals surface area contributed by atoms with Crippen molar-refractivity contribution in [3.63, 3.8) is 0 Å². The van der Waals surface area contributed by atoms with Gasteiger partial charge < -0.3 is 4.74 Å². The summed E-state index contributed by atoms with van der Waals surface area (Å²) in [5.74, 6) is 0.433. The highest BCUT2D eigenvalue weighted by molar-refractivity contribution is 5.75. The summed E-state index contributed by atoms with van der Waals surface area (Å²) in [5, 5.41) is 6.96. The fourth-order valence-electron chi connectivity index (χ4n) is 2.95. The van der Waals surface area contributed by atoms with Crippen LogP contribution in [0.2, 0.25) is 0 Å². The Kier molecular flexibility index (Phi) is 4.52. The molecule has 4 aromatic rings. The maximum absolute atomic E-state index is 13.7. The number of hydrogen-bond donors (Lipinski definition) is 1. The van der Waals surface area contributed by atoms with E-state index in [0.29, 0.717) is 45.5 Å². The summed E-state index contributed by atoms with van der Waals surface area (Å²) >= 11 is 0. The highest BCUT2D eigenvalue weighted by Crippen LogP contribution is 2.35. The lowest BCUT2D eigenvalue weighted by atomic mass is 10.0. The molecule has 6 nitrogen and oxygen atoms in total. The van der Waals surface area contributed by atoms with E-state index in [4.69, 9.17) is 4.74 Å². The standard InChI is InChI=1S/C20H15F2N5O/c1-11-18(28-2)16(13-7-15(22)10-23-9-13)8-17(24-11)20-25-19(26-27-20)12-4-3-5-14(21)6-12/h3-10H,1-2H3,(H,25,26,27). The van der Waals surface area contributed by atoms with Crippen LogP contribution in [0.15, 0.2) is 48.8 Å². The van der Waals surface area contributed by atoms with Crippen LogP contribution in [0.4, 0.5) is 8.78 Å². The van der Waals surface area contributed by atoms with Crippen LogP contribution in [-0.2, 0) is 0 Å². The number of aromatic amines is 1. The number of rotatable bonds is 4. The van der Waals surface area contributed by atoms with Gasteiger partial charge in [-0.2, -0.15) is 5.10 Å². The van der Waals surface area contributed by atoms with E-state index in [-0.39, 0.29) is 5.82 Å². The maximum atomic E-state index is 13.7. The average molecular weight is 379 g/mol. The van der Waals surface area contributed by atoms with Gasteiger partial charge in [-0.05, 0) is 31.2 Å². The van der Waals surface area contributed by atoms with Gasteiger partial charge in [-0.25, -0.2) is 18.7 Å². The minimum Gasteiger partial charge on any atom is -0.494 e. The normalized spacial score (nSPS) is 10.9. The average Bonchev–Trinajstić information content (AvgIpc) is 3.18. The summed E-state index contributed by atoms with van der Waals surface area (Å²) < 4.78 is 32.6. The number of pyridine rings is 2. The third-order valence-electron chi connectivity index (χ3n) is 4.17. The number of H-pyrrole nitrogens is 1. The minimum atomic E-state index is -0.455. The summed E-state index contributed by atoms with van der Waals surface area (Å²) in [6.45, 7) is 1.78. The molecule has 0 aliphatic rings. The monoisotopic (exact) mass is 379 g/mol. The van der Waals surface area contributed by atoms with Crippen molar-refractivity contribution < 1.29 is 13.5 Å². The summed E-state index contributed by atoms with van der Waals surface area (Å²) in [6.07, 6.45) is 2.68. The van der Waals surface area contributed by atoms with E-state index in [0.717, 1.165) is 6.20 Å². The first-order valence-electron chi connectivity index (χ1n) is 8.40. The number of aryl methyl sites for hydroxylation is 1. The van der Waals surface area contributed by atoms with Crippen LogP contribution in [0.5, 0.6) is 5.75 Å². The van der Waals surface area contributed by atoms with Gasteiger partial charge in [-0.15, -0.1) is 0 Å². The third-order valence-corrected chi connectivity index (χ3v) is 4.17. The van der Waals surface area contributed by atoms with Crippen molar-refractivity contribution in [3.8, 4) is 39.8 Å². The second-order valence-electron chi connectivity index (χ2n) is 6.08. The fourth-order valence-corrected chi connectivity index (χ4v) is 2.95. The van der Waals surface area contributed by atoms with Crippen LogP contribution < -0.4 is 4.74 Å². The number of halogens is 2. The molecule has 0 amide bonds. The molecule has 3 heterocycles. The Labute approximate surface area is 159 Å². The summed E-state index contributed by atoms with van der Waals surface area (Å²) in [4.78, 5) is 12.8. The maximum Gasteiger partial charge on any atom is 0.181 e. The molecule has 0 saturated heterocycles. The molecular formula is C20H15F2N5O. The minimum absolute atomic E-state index is 0.346. The Balaban J connectivity index is 1.81. The molecular weight excluding hydrogens is 364 g/mol. The van der Waals surface area contributed by atoms with Gasteiger partial charge in [0.25, 0.3) is 0 Å². The van der Waals surface area contributed by atoms with Crippen molar-refractivity contribution in [1.29, 1.82) is 0 Å². The first-order valence-corrected chi connectivity index (χ1v) is 8.40. The van der Waals surface area contributed by atoms with Crippen LogP contribution in [0.25, 0.3) is 34.0 Å². The molecule has 0 bridgehead atoms. The molecule has 28 heavy (non-hydrogen) atoms. The van der Waals surface area contributed by atoms with E-state index < -0.39 is 5.82 Å². The zero-order chi connectivity index (χ0) is 19.7. The van der Waals surface area contributed by atoms with Crippen molar-refractivity contribution in [2.45, 2.75) is 6.92 Å². The largest absolute Gasteiger partial charge is 0.494 e. The predicted molar refractivity (Wildman–Crippen MR) is 99.5 cm³/mol. The Morgan fingerprint density at radius 2 is 1.79 bits per heavy atom. The van der Waals surface area contributed by atoms with Gasteiger partial charge in [0, 0.05) is 22.9 Å². The second-order valence-corrected chi connectivity index (χ2v) is 6.08. The van der Waals surface area contributed by atoms with Crippen LogP contribution in [-0.4, -0.2) is 32.3 Å². The first kappa shape index (κ1) is 17.7. The van der Waals surface area contributed by atoms with E-state index in [1.54, 1.807) is 31.3 Å². The first-order chi connectivity index (χ1) is 13.5. The van der Waals surface area contributed by atoms with E-state index >= 15 is 0 Å². The second kappa shape index (κ2) is 7.15. The number of hydrogen-bond acceptors (Lipinski definition) is 5. The number of benzene rings is 1. The number of aromatic nitrogens is 5. The lowest BCUT2D eigenvalue weighted by molar-refractivity contribution is 0.411. The highest BCUT2D eigenvalue weighted by atomic mass is 19.1. The number of ether oxygens (including phenoxy) is 1. The number of methoxy groups -OCH3 is 1.